The fourth-order valence-corrected chi connectivity index (χ4v) is 2.55. The van der Waals surface area contributed by atoms with Gasteiger partial charge in [0.1, 0.15) is 7.85 Å². The summed E-state index contributed by atoms with van der Waals surface area (Å²) in [6.45, 7) is 0. The van der Waals surface area contributed by atoms with Crippen molar-refractivity contribution < 1.29 is 18.0 Å². The maximum absolute atomic E-state index is 12.9. The molecular formula is C16H10BF3N2O2. The van der Waals surface area contributed by atoms with Crippen LogP contribution in [0.2, 0.25) is 0 Å². The molecule has 0 aliphatic carbocycles. The van der Waals surface area contributed by atoms with Crippen molar-refractivity contribution in [1.29, 1.82) is 0 Å². The Morgan fingerprint density at radius 3 is 2.62 bits per heavy atom. The monoisotopic (exact) mass is 330 g/mol. The molecule has 0 saturated carbocycles. The Balaban J connectivity index is 2.36. The van der Waals surface area contributed by atoms with Gasteiger partial charge in [0.05, 0.1) is 22.2 Å². The van der Waals surface area contributed by atoms with E-state index >= 15 is 0 Å². The van der Waals surface area contributed by atoms with E-state index in [9.17, 15) is 22.8 Å². The highest BCUT2D eigenvalue weighted by atomic mass is 19.4. The van der Waals surface area contributed by atoms with E-state index < -0.39 is 17.2 Å². The van der Waals surface area contributed by atoms with Crippen molar-refractivity contribution in [3.05, 3.63) is 58.0 Å². The molecule has 3 rings (SSSR count). The lowest BCUT2D eigenvalue weighted by Gasteiger charge is -2.12. The summed E-state index contributed by atoms with van der Waals surface area (Å²) >= 11 is 0. The second kappa shape index (κ2) is 5.63. The van der Waals surface area contributed by atoms with Crippen molar-refractivity contribution in [2.45, 2.75) is 6.18 Å². The topological polar surface area (TPSA) is 62.8 Å². The minimum atomic E-state index is -4.52. The molecule has 0 saturated heterocycles. The number of alkyl halides is 3. The van der Waals surface area contributed by atoms with Gasteiger partial charge in [-0.3, -0.25) is 14.6 Å². The van der Waals surface area contributed by atoms with Crippen molar-refractivity contribution in [1.82, 2.24) is 9.97 Å². The van der Waals surface area contributed by atoms with Crippen molar-refractivity contribution in [3.8, 4) is 11.3 Å². The van der Waals surface area contributed by atoms with Gasteiger partial charge >= 0.3 is 6.18 Å². The minimum absolute atomic E-state index is 0.0582. The van der Waals surface area contributed by atoms with Crippen LogP contribution in [0.4, 0.5) is 13.2 Å². The predicted octanol–water partition coefficient (Wildman–Crippen LogP) is 1.68. The van der Waals surface area contributed by atoms with Gasteiger partial charge in [-0.25, -0.2) is 0 Å². The van der Waals surface area contributed by atoms with E-state index in [1.165, 1.54) is 24.5 Å². The maximum Gasteiger partial charge on any atom is 0.416 e. The number of rotatable bonds is 2. The first-order valence-corrected chi connectivity index (χ1v) is 6.96. The lowest BCUT2D eigenvalue weighted by molar-refractivity contribution is -0.137. The lowest BCUT2D eigenvalue weighted by Crippen LogP contribution is -2.18. The zero-order valence-corrected chi connectivity index (χ0v) is 12.4. The minimum Gasteiger partial charge on any atom is -0.354 e. The van der Waals surface area contributed by atoms with Crippen LogP contribution in [-0.2, 0) is 6.18 Å². The molecule has 0 amide bonds. The Bertz CT molecular complexity index is 1010. The van der Waals surface area contributed by atoms with E-state index in [0.29, 0.717) is 17.3 Å². The smallest absolute Gasteiger partial charge is 0.354 e. The van der Waals surface area contributed by atoms with E-state index in [1.807, 2.05) is 0 Å². The summed E-state index contributed by atoms with van der Waals surface area (Å²) < 4.78 is 38.7. The van der Waals surface area contributed by atoms with E-state index in [4.69, 9.17) is 0 Å². The van der Waals surface area contributed by atoms with Gasteiger partial charge < -0.3 is 4.98 Å². The van der Waals surface area contributed by atoms with Gasteiger partial charge in [-0.1, -0.05) is 12.1 Å². The lowest BCUT2D eigenvalue weighted by atomic mass is 9.94. The van der Waals surface area contributed by atoms with Crippen molar-refractivity contribution in [2.75, 3.05) is 0 Å². The molecule has 24 heavy (non-hydrogen) atoms. The molecule has 120 valence electrons. The van der Waals surface area contributed by atoms with Crippen LogP contribution in [0.25, 0.3) is 22.2 Å². The van der Waals surface area contributed by atoms with Crippen LogP contribution in [0, 0.1) is 0 Å². The number of pyridine rings is 2. The summed E-state index contributed by atoms with van der Waals surface area (Å²) in [5, 5.41) is 0.216. The Kier molecular flexibility index (Phi) is 3.75. The van der Waals surface area contributed by atoms with Crippen LogP contribution in [0.3, 0.4) is 0 Å². The van der Waals surface area contributed by atoms with Gasteiger partial charge in [0, 0.05) is 17.9 Å². The fraction of sp³-hybridized carbons (Fsp3) is 0.0625. The number of aromatic amines is 1. The molecule has 3 aromatic rings. The Hall–Kier alpha value is -2.90. The predicted molar refractivity (Wildman–Crippen MR) is 86.4 cm³/mol. The number of nitrogens with zero attached hydrogens (tertiary/aromatic N) is 1. The summed E-state index contributed by atoms with van der Waals surface area (Å²) in [6, 6.07) is 4.48. The maximum atomic E-state index is 12.9. The highest BCUT2D eigenvalue weighted by molar-refractivity contribution is 6.38. The number of benzene rings is 1. The zero-order chi connectivity index (χ0) is 17.5. The molecule has 4 nitrogen and oxygen atoms in total. The zero-order valence-electron chi connectivity index (χ0n) is 12.4. The molecule has 0 unspecified atom stereocenters. The summed E-state index contributed by atoms with van der Waals surface area (Å²) in [5.74, 6) is 0. The number of hydrogen-bond donors (Lipinski definition) is 1. The Morgan fingerprint density at radius 2 is 1.96 bits per heavy atom. The van der Waals surface area contributed by atoms with Crippen LogP contribution < -0.4 is 10.9 Å². The van der Waals surface area contributed by atoms with Gasteiger partial charge in [0.25, 0.3) is 0 Å². The second-order valence-electron chi connectivity index (χ2n) is 5.32. The first kappa shape index (κ1) is 16.0. The number of hydrogen-bond acceptors (Lipinski definition) is 3. The third-order valence-corrected chi connectivity index (χ3v) is 3.74. The highest BCUT2D eigenvalue weighted by Crippen LogP contribution is 2.32. The quantitative estimate of drug-likeness (QED) is 0.574. The SMILES string of the molecule is Bc1cncc2c(=O)c(C=O)c(-c3cccc(C(F)(F)F)c3)[nH]c12. The summed E-state index contributed by atoms with van der Waals surface area (Å²) in [5.41, 5.74) is -0.394. The summed E-state index contributed by atoms with van der Waals surface area (Å²) in [4.78, 5) is 30.7. The highest BCUT2D eigenvalue weighted by Gasteiger charge is 2.30. The third kappa shape index (κ3) is 2.60. The number of fused-ring (bicyclic) bond motifs is 1. The van der Waals surface area contributed by atoms with Crippen LogP contribution in [0.1, 0.15) is 15.9 Å². The average molecular weight is 330 g/mol. The van der Waals surface area contributed by atoms with Crippen LogP contribution in [0.5, 0.6) is 0 Å². The van der Waals surface area contributed by atoms with Crippen LogP contribution in [-0.4, -0.2) is 24.1 Å². The molecule has 0 bridgehead atoms. The first-order valence-electron chi connectivity index (χ1n) is 6.96. The molecule has 2 aromatic heterocycles. The van der Waals surface area contributed by atoms with Gasteiger partial charge in [-0.15, -0.1) is 0 Å². The molecule has 8 heteroatoms. The number of nitrogens with one attached hydrogen (secondary N) is 1. The molecule has 0 fully saturated rings. The number of halogens is 3. The van der Waals surface area contributed by atoms with Crippen LogP contribution in [0.15, 0.2) is 41.5 Å². The normalized spacial score (nSPS) is 11.6. The Labute approximate surface area is 134 Å². The number of carbonyl (C=O) groups is 1. The molecule has 1 aromatic carbocycles. The first-order chi connectivity index (χ1) is 11.3. The molecule has 1 N–H and O–H groups in total. The van der Waals surface area contributed by atoms with E-state index in [2.05, 4.69) is 9.97 Å². The van der Waals surface area contributed by atoms with E-state index in [-0.39, 0.29) is 22.2 Å². The van der Waals surface area contributed by atoms with Gasteiger partial charge in [0.15, 0.2) is 6.29 Å². The standard InChI is InChI=1S/C16H10BF3N2O2/c17-12-6-21-5-10-14(12)22-13(11(7-23)15(10)24)8-2-1-3-9(4-8)16(18,19)20/h1-7H,17H2,(H,22,24). The van der Waals surface area contributed by atoms with Gasteiger partial charge in [-0.05, 0) is 23.2 Å². The van der Waals surface area contributed by atoms with Gasteiger partial charge in [0.2, 0.25) is 5.43 Å². The molecule has 0 spiro atoms. The number of aldehydes is 1. The second-order valence-corrected chi connectivity index (χ2v) is 5.32. The third-order valence-electron chi connectivity index (χ3n) is 3.74. The molecule has 0 aliphatic heterocycles. The van der Waals surface area contributed by atoms with E-state index in [1.54, 1.807) is 7.85 Å². The summed E-state index contributed by atoms with van der Waals surface area (Å²) in [7, 11) is 1.71. The number of aromatic nitrogens is 2. The average Bonchev–Trinajstić information content (AvgIpc) is 2.55. The molecule has 0 atom stereocenters. The molecule has 0 aliphatic rings. The van der Waals surface area contributed by atoms with Crippen molar-refractivity contribution in [3.63, 3.8) is 0 Å². The summed E-state index contributed by atoms with van der Waals surface area (Å²) in [6.07, 6.45) is -1.33. The molecule has 0 radical (unpaired) electrons. The molecule has 2 heterocycles. The van der Waals surface area contributed by atoms with Gasteiger partial charge in [-0.2, -0.15) is 13.2 Å². The van der Waals surface area contributed by atoms with Crippen molar-refractivity contribution >= 4 is 30.5 Å². The largest absolute Gasteiger partial charge is 0.416 e. The van der Waals surface area contributed by atoms with E-state index in [0.717, 1.165) is 12.1 Å². The number of H-pyrrole nitrogens is 1. The molecular weight excluding hydrogens is 320 g/mol. The Morgan fingerprint density at radius 1 is 1.21 bits per heavy atom. The number of carbonyl (C=O) groups excluding carboxylic acids is 1. The fourth-order valence-electron chi connectivity index (χ4n) is 2.55. The van der Waals surface area contributed by atoms with Crippen LogP contribution >= 0.6 is 0 Å². The van der Waals surface area contributed by atoms with Crippen molar-refractivity contribution in [2.24, 2.45) is 0 Å².